The number of hydrogen-bond donors (Lipinski definition) is 0. The Kier molecular flexibility index (Phi) is 6.66. The predicted octanol–water partition coefficient (Wildman–Crippen LogP) is 3.48. The molecule has 1 fully saturated rings. The van der Waals surface area contributed by atoms with Crippen molar-refractivity contribution in [2.45, 2.75) is 58.6 Å². The maximum Gasteiger partial charge on any atom is 0.307 e. The Bertz CT molecular complexity index is 675. The summed E-state index contributed by atoms with van der Waals surface area (Å²) in [6, 6.07) is 7.54. The molecule has 1 atom stereocenters. The first kappa shape index (κ1) is 21.1. The van der Waals surface area contributed by atoms with Crippen LogP contribution in [-0.2, 0) is 16.0 Å². The molecule has 1 saturated heterocycles. The van der Waals surface area contributed by atoms with Crippen LogP contribution >= 0.6 is 0 Å². The van der Waals surface area contributed by atoms with Gasteiger partial charge in [-0.2, -0.15) is 0 Å². The van der Waals surface area contributed by atoms with Gasteiger partial charge in [0.1, 0.15) is 5.60 Å². The number of piperazine rings is 1. The van der Waals surface area contributed by atoms with E-state index < -0.39 is 5.60 Å². The van der Waals surface area contributed by atoms with Crippen molar-refractivity contribution in [3.05, 3.63) is 29.3 Å². The summed E-state index contributed by atoms with van der Waals surface area (Å²) >= 11 is 0. The fraction of sp³-hybridized carbons (Fsp3) is 0.696. The molecular formula is C23H37N3O2. The minimum atomic E-state index is -0.397. The SMILES string of the molecule is C[C@H]1c2cc(N3CCN(CCC(=O)OC(C)(C)C)CC3)ccc2CCCN1C. The van der Waals surface area contributed by atoms with E-state index in [9.17, 15) is 4.79 Å². The van der Waals surface area contributed by atoms with Gasteiger partial charge < -0.3 is 9.64 Å². The van der Waals surface area contributed by atoms with Crippen LogP contribution in [0.2, 0.25) is 0 Å². The van der Waals surface area contributed by atoms with Crippen LogP contribution in [0.4, 0.5) is 5.69 Å². The maximum absolute atomic E-state index is 11.9. The van der Waals surface area contributed by atoms with Crippen LogP contribution in [0.3, 0.4) is 0 Å². The number of nitrogens with zero attached hydrogens (tertiary/aromatic N) is 3. The van der Waals surface area contributed by atoms with E-state index in [1.807, 2.05) is 20.8 Å². The van der Waals surface area contributed by atoms with Crippen LogP contribution in [-0.4, -0.2) is 67.7 Å². The highest BCUT2D eigenvalue weighted by molar-refractivity contribution is 5.70. The first-order chi connectivity index (χ1) is 13.2. The zero-order valence-corrected chi connectivity index (χ0v) is 18.3. The van der Waals surface area contributed by atoms with Crippen molar-refractivity contribution >= 4 is 11.7 Å². The molecule has 0 amide bonds. The van der Waals surface area contributed by atoms with E-state index in [2.05, 4.69) is 46.9 Å². The predicted molar refractivity (Wildman–Crippen MR) is 115 cm³/mol. The van der Waals surface area contributed by atoms with E-state index in [-0.39, 0.29) is 5.97 Å². The fourth-order valence-electron chi connectivity index (χ4n) is 4.22. The Balaban J connectivity index is 1.54. The Hall–Kier alpha value is -1.59. The molecule has 0 radical (unpaired) electrons. The highest BCUT2D eigenvalue weighted by Crippen LogP contribution is 2.31. The quantitative estimate of drug-likeness (QED) is 0.739. The third-order valence-electron chi connectivity index (χ3n) is 5.99. The van der Waals surface area contributed by atoms with Gasteiger partial charge in [-0.15, -0.1) is 0 Å². The molecule has 0 spiro atoms. The second-order valence-corrected chi connectivity index (χ2v) is 9.31. The lowest BCUT2D eigenvalue weighted by Crippen LogP contribution is -2.47. The minimum Gasteiger partial charge on any atom is -0.460 e. The van der Waals surface area contributed by atoms with Crippen LogP contribution in [0.15, 0.2) is 18.2 Å². The third-order valence-corrected chi connectivity index (χ3v) is 5.99. The number of carbonyl (C=O) groups is 1. The molecule has 5 heteroatoms. The third kappa shape index (κ3) is 5.48. The molecule has 0 saturated carbocycles. The average Bonchev–Trinajstić information content (AvgIpc) is 2.78. The van der Waals surface area contributed by atoms with Crippen molar-refractivity contribution in [1.82, 2.24) is 9.80 Å². The summed E-state index contributed by atoms with van der Waals surface area (Å²) in [4.78, 5) is 19.3. The van der Waals surface area contributed by atoms with Crippen molar-refractivity contribution < 1.29 is 9.53 Å². The van der Waals surface area contributed by atoms with Crippen molar-refractivity contribution in [2.24, 2.45) is 0 Å². The van der Waals surface area contributed by atoms with Crippen molar-refractivity contribution in [3.63, 3.8) is 0 Å². The molecule has 28 heavy (non-hydrogen) atoms. The van der Waals surface area contributed by atoms with Crippen LogP contribution < -0.4 is 4.90 Å². The van der Waals surface area contributed by atoms with Gasteiger partial charge in [0.25, 0.3) is 0 Å². The topological polar surface area (TPSA) is 36.0 Å². The Morgan fingerprint density at radius 2 is 1.86 bits per heavy atom. The van der Waals surface area contributed by atoms with Gasteiger partial charge in [-0.1, -0.05) is 6.07 Å². The van der Waals surface area contributed by atoms with Gasteiger partial charge >= 0.3 is 5.97 Å². The lowest BCUT2D eigenvalue weighted by Gasteiger charge is -2.36. The first-order valence-electron chi connectivity index (χ1n) is 10.7. The van der Waals surface area contributed by atoms with Crippen LogP contribution in [0.25, 0.3) is 0 Å². The first-order valence-corrected chi connectivity index (χ1v) is 10.7. The number of anilines is 1. The number of fused-ring (bicyclic) bond motifs is 1. The largest absolute Gasteiger partial charge is 0.460 e. The number of esters is 1. The van der Waals surface area contributed by atoms with Crippen LogP contribution in [0.1, 0.15) is 57.7 Å². The molecule has 0 N–H and O–H groups in total. The van der Waals surface area contributed by atoms with Gasteiger partial charge in [0, 0.05) is 44.5 Å². The Labute approximate surface area is 170 Å². The van der Waals surface area contributed by atoms with Crippen molar-refractivity contribution in [3.8, 4) is 0 Å². The van der Waals surface area contributed by atoms with Crippen LogP contribution in [0, 0.1) is 0 Å². The number of benzene rings is 1. The minimum absolute atomic E-state index is 0.0983. The number of carbonyl (C=O) groups excluding carboxylic acids is 1. The van der Waals surface area contributed by atoms with Gasteiger partial charge in [-0.3, -0.25) is 14.6 Å². The summed E-state index contributed by atoms with van der Waals surface area (Å²) < 4.78 is 5.42. The summed E-state index contributed by atoms with van der Waals surface area (Å²) in [6.45, 7) is 14.0. The molecule has 0 aromatic heterocycles. The number of ether oxygens (including phenoxy) is 1. The summed E-state index contributed by atoms with van der Waals surface area (Å²) in [5.41, 5.74) is 3.95. The van der Waals surface area contributed by atoms with Gasteiger partial charge in [0.15, 0.2) is 0 Å². The molecule has 2 aliphatic heterocycles. The summed E-state index contributed by atoms with van der Waals surface area (Å²) in [7, 11) is 2.23. The Morgan fingerprint density at radius 3 is 2.54 bits per heavy atom. The number of hydrogen-bond acceptors (Lipinski definition) is 5. The smallest absolute Gasteiger partial charge is 0.307 e. The molecule has 156 valence electrons. The number of rotatable bonds is 4. The zero-order chi connectivity index (χ0) is 20.3. The monoisotopic (exact) mass is 387 g/mol. The second-order valence-electron chi connectivity index (χ2n) is 9.31. The van der Waals surface area contributed by atoms with E-state index in [1.54, 1.807) is 0 Å². The summed E-state index contributed by atoms with van der Waals surface area (Å²) in [6.07, 6.45) is 2.90. The lowest BCUT2D eigenvalue weighted by molar-refractivity contribution is -0.155. The summed E-state index contributed by atoms with van der Waals surface area (Å²) in [5.74, 6) is -0.0983. The molecule has 0 aliphatic carbocycles. The molecular weight excluding hydrogens is 350 g/mol. The molecule has 0 bridgehead atoms. The molecule has 2 heterocycles. The molecule has 1 aromatic rings. The van der Waals surface area contributed by atoms with E-state index in [0.717, 1.165) is 32.7 Å². The van der Waals surface area contributed by atoms with Gasteiger partial charge in [-0.25, -0.2) is 0 Å². The lowest BCUT2D eigenvalue weighted by atomic mass is 9.98. The average molecular weight is 388 g/mol. The summed E-state index contributed by atoms with van der Waals surface area (Å²) in [5, 5.41) is 0. The van der Waals surface area contributed by atoms with E-state index >= 15 is 0 Å². The standard InChI is InChI=1S/C23H37N3O2/c1-18-21-17-20(9-8-19(21)7-6-11-24(18)5)26-15-13-25(14-16-26)12-10-22(27)28-23(2,3)4/h8-9,17-18H,6-7,10-16H2,1-5H3/t18-/m0/s1. The molecule has 5 nitrogen and oxygen atoms in total. The van der Waals surface area contributed by atoms with Crippen molar-refractivity contribution in [2.75, 3.05) is 51.2 Å². The fourth-order valence-corrected chi connectivity index (χ4v) is 4.22. The van der Waals surface area contributed by atoms with E-state index in [4.69, 9.17) is 4.74 Å². The number of aryl methyl sites for hydroxylation is 1. The molecule has 1 aromatic carbocycles. The molecule has 2 aliphatic rings. The normalized spacial score (nSPS) is 21.9. The molecule has 3 rings (SSSR count). The van der Waals surface area contributed by atoms with Gasteiger partial charge in [0.2, 0.25) is 0 Å². The van der Waals surface area contributed by atoms with Crippen molar-refractivity contribution in [1.29, 1.82) is 0 Å². The zero-order valence-electron chi connectivity index (χ0n) is 18.3. The van der Waals surface area contributed by atoms with E-state index in [1.165, 1.54) is 36.2 Å². The van der Waals surface area contributed by atoms with Gasteiger partial charge in [-0.05, 0) is 77.4 Å². The second kappa shape index (κ2) is 8.83. The van der Waals surface area contributed by atoms with Crippen LogP contribution in [0.5, 0.6) is 0 Å². The highest BCUT2D eigenvalue weighted by atomic mass is 16.6. The van der Waals surface area contributed by atoms with E-state index in [0.29, 0.717) is 12.5 Å². The van der Waals surface area contributed by atoms with Gasteiger partial charge in [0.05, 0.1) is 6.42 Å². The Morgan fingerprint density at radius 1 is 1.14 bits per heavy atom. The molecule has 0 unspecified atom stereocenters. The maximum atomic E-state index is 11.9. The highest BCUT2D eigenvalue weighted by Gasteiger charge is 2.23.